The lowest BCUT2D eigenvalue weighted by Crippen LogP contribution is -2.34. The monoisotopic (exact) mass is 285 g/mol. The highest BCUT2D eigenvalue weighted by Crippen LogP contribution is 2.33. The zero-order chi connectivity index (χ0) is 15.0. The standard InChI is InChI=1S/C17H23N3O/c1-4-14(18-3)12-6-5-7-15-17(12)13-8-9-20(11(2)21)10-16(13)19-15/h5-7,14,18-19H,4,8-10H2,1-3H3. The van der Waals surface area contributed by atoms with Gasteiger partial charge in [-0.1, -0.05) is 19.1 Å². The molecule has 4 heteroatoms. The number of nitrogens with zero attached hydrogens (tertiary/aromatic N) is 1. The molecule has 0 saturated carbocycles. The van der Waals surface area contributed by atoms with E-state index in [9.17, 15) is 4.79 Å². The van der Waals surface area contributed by atoms with Gasteiger partial charge in [-0.25, -0.2) is 0 Å². The van der Waals surface area contributed by atoms with E-state index in [0.29, 0.717) is 12.6 Å². The number of carbonyl (C=O) groups is 1. The molecule has 0 saturated heterocycles. The maximum absolute atomic E-state index is 11.6. The Morgan fingerprint density at radius 1 is 1.48 bits per heavy atom. The van der Waals surface area contributed by atoms with Gasteiger partial charge in [0.15, 0.2) is 0 Å². The molecule has 3 rings (SSSR count). The minimum absolute atomic E-state index is 0.154. The first-order valence-electron chi connectivity index (χ1n) is 7.70. The lowest BCUT2D eigenvalue weighted by Gasteiger charge is -2.26. The summed E-state index contributed by atoms with van der Waals surface area (Å²) in [6.07, 6.45) is 2.00. The summed E-state index contributed by atoms with van der Waals surface area (Å²) >= 11 is 0. The van der Waals surface area contributed by atoms with Crippen LogP contribution in [-0.2, 0) is 17.8 Å². The van der Waals surface area contributed by atoms with Crippen LogP contribution in [0.4, 0.5) is 0 Å². The minimum Gasteiger partial charge on any atom is -0.357 e. The zero-order valence-corrected chi connectivity index (χ0v) is 13.0. The number of fused-ring (bicyclic) bond motifs is 3. The number of rotatable bonds is 3. The van der Waals surface area contributed by atoms with Gasteiger partial charge in [-0.2, -0.15) is 0 Å². The first-order chi connectivity index (χ1) is 10.2. The van der Waals surface area contributed by atoms with Crippen molar-refractivity contribution in [1.29, 1.82) is 0 Å². The molecule has 0 bridgehead atoms. The van der Waals surface area contributed by atoms with Crippen LogP contribution in [0.1, 0.15) is 43.1 Å². The molecule has 0 aliphatic carbocycles. The molecule has 1 aromatic carbocycles. The largest absolute Gasteiger partial charge is 0.357 e. The van der Waals surface area contributed by atoms with Crippen LogP contribution in [0.3, 0.4) is 0 Å². The van der Waals surface area contributed by atoms with Gasteiger partial charge in [0, 0.05) is 36.1 Å². The maximum atomic E-state index is 11.6. The number of H-pyrrole nitrogens is 1. The smallest absolute Gasteiger partial charge is 0.219 e. The van der Waals surface area contributed by atoms with Crippen LogP contribution in [0.2, 0.25) is 0 Å². The molecule has 21 heavy (non-hydrogen) atoms. The molecule has 112 valence electrons. The third kappa shape index (κ3) is 2.33. The molecule has 1 amide bonds. The fourth-order valence-electron chi connectivity index (χ4n) is 3.47. The number of hydrogen-bond acceptors (Lipinski definition) is 2. The number of carbonyl (C=O) groups excluding carboxylic acids is 1. The van der Waals surface area contributed by atoms with E-state index in [1.807, 2.05) is 11.9 Å². The van der Waals surface area contributed by atoms with Gasteiger partial charge in [-0.05, 0) is 37.1 Å². The summed E-state index contributed by atoms with van der Waals surface area (Å²) in [5.41, 5.74) is 5.15. The van der Waals surface area contributed by atoms with Crippen LogP contribution in [-0.4, -0.2) is 29.4 Å². The second-order valence-corrected chi connectivity index (χ2v) is 5.79. The highest BCUT2D eigenvalue weighted by atomic mass is 16.2. The van der Waals surface area contributed by atoms with Crippen LogP contribution in [0.5, 0.6) is 0 Å². The third-order valence-electron chi connectivity index (χ3n) is 4.61. The molecule has 1 unspecified atom stereocenters. The maximum Gasteiger partial charge on any atom is 0.219 e. The number of nitrogens with one attached hydrogen (secondary N) is 2. The average Bonchev–Trinajstić information content (AvgIpc) is 2.86. The van der Waals surface area contributed by atoms with Crippen molar-refractivity contribution in [2.24, 2.45) is 0 Å². The predicted octanol–water partition coefficient (Wildman–Crippen LogP) is 2.74. The van der Waals surface area contributed by atoms with Crippen molar-refractivity contribution in [3.05, 3.63) is 35.0 Å². The van der Waals surface area contributed by atoms with Crippen molar-refractivity contribution in [3.8, 4) is 0 Å². The Morgan fingerprint density at radius 3 is 2.95 bits per heavy atom. The Kier molecular flexibility index (Phi) is 3.72. The van der Waals surface area contributed by atoms with Crippen molar-refractivity contribution in [3.63, 3.8) is 0 Å². The van der Waals surface area contributed by atoms with Gasteiger partial charge in [-0.15, -0.1) is 0 Å². The average molecular weight is 285 g/mol. The van der Waals surface area contributed by atoms with E-state index in [1.165, 1.54) is 27.7 Å². The molecule has 0 spiro atoms. The molecule has 1 aliphatic heterocycles. The normalized spacial score (nSPS) is 16.0. The Bertz CT molecular complexity index is 670. The molecule has 1 aromatic heterocycles. The van der Waals surface area contributed by atoms with Gasteiger partial charge >= 0.3 is 0 Å². The Hall–Kier alpha value is -1.81. The lowest BCUT2D eigenvalue weighted by atomic mass is 9.94. The first-order valence-corrected chi connectivity index (χ1v) is 7.70. The molecule has 1 aliphatic rings. The number of aromatic amines is 1. The molecule has 2 aromatic rings. The Morgan fingerprint density at radius 2 is 2.29 bits per heavy atom. The number of amides is 1. The summed E-state index contributed by atoms with van der Waals surface area (Å²) in [5, 5.41) is 4.76. The van der Waals surface area contributed by atoms with Gasteiger partial charge in [-0.3, -0.25) is 4.79 Å². The van der Waals surface area contributed by atoms with E-state index in [0.717, 1.165) is 19.4 Å². The van der Waals surface area contributed by atoms with Crippen LogP contribution in [0.15, 0.2) is 18.2 Å². The number of hydrogen-bond donors (Lipinski definition) is 2. The van der Waals surface area contributed by atoms with E-state index in [-0.39, 0.29) is 5.91 Å². The van der Waals surface area contributed by atoms with Crippen molar-refractivity contribution < 1.29 is 4.79 Å². The van der Waals surface area contributed by atoms with Crippen molar-refractivity contribution in [1.82, 2.24) is 15.2 Å². The summed E-state index contributed by atoms with van der Waals surface area (Å²) < 4.78 is 0. The molecule has 0 radical (unpaired) electrons. The summed E-state index contributed by atoms with van der Waals surface area (Å²) in [7, 11) is 2.02. The van der Waals surface area contributed by atoms with Crippen molar-refractivity contribution in [2.45, 2.75) is 39.3 Å². The molecule has 2 N–H and O–H groups in total. The van der Waals surface area contributed by atoms with Crippen LogP contribution in [0.25, 0.3) is 10.9 Å². The van der Waals surface area contributed by atoms with Crippen LogP contribution in [0, 0.1) is 0 Å². The number of aromatic nitrogens is 1. The second-order valence-electron chi connectivity index (χ2n) is 5.79. The molecule has 2 heterocycles. The third-order valence-corrected chi connectivity index (χ3v) is 4.61. The van der Waals surface area contributed by atoms with Crippen LogP contribution >= 0.6 is 0 Å². The predicted molar refractivity (Wildman–Crippen MR) is 85.2 cm³/mol. The van der Waals surface area contributed by atoms with E-state index < -0.39 is 0 Å². The van der Waals surface area contributed by atoms with E-state index in [1.54, 1.807) is 6.92 Å². The van der Waals surface area contributed by atoms with E-state index in [4.69, 9.17) is 0 Å². The number of benzene rings is 1. The fraction of sp³-hybridized carbons (Fsp3) is 0.471. The first kappa shape index (κ1) is 14.1. The summed E-state index contributed by atoms with van der Waals surface area (Å²) in [6.45, 7) is 5.37. The summed E-state index contributed by atoms with van der Waals surface area (Å²) in [5.74, 6) is 0.154. The van der Waals surface area contributed by atoms with Gasteiger partial charge in [0.1, 0.15) is 0 Å². The highest BCUT2D eigenvalue weighted by Gasteiger charge is 2.24. The van der Waals surface area contributed by atoms with E-state index in [2.05, 4.69) is 35.4 Å². The van der Waals surface area contributed by atoms with Gasteiger partial charge in [0.25, 0.3) is 0 Å². The fourth-order valence-corrected chi connectivity index (χ4v) is 3.47. The minimum atomic E-state index is 0.154. The zero-order valence-electron chi connectivity index (χ0n) is 13.0. The summed E-state index contributed by atoms with van der Waals surface area (Å²) in [6, 6.07) is 6.85. The Balaban J connectivity index is 2.11. The quantitative estimate of drug-likeness (QED) is 0.911. The molecular formula is C17H23N3O. The topological polar surface area (TPSA) is 48.1 Å². The SMILES string of the molecule is CCC(NC)c1cccc2[nH]c3c(c12)CCN(C(C)=O)C3. The summed E-state index contributed by atoms with van der Waals surface area (Å²) in [4.78, 5) is 17.0. The van der Waals surface area contributed by atoms with Crippen molar-refractivity contribution in [2.75, 3.05) is 13.6 Å². The van der Waals surface area contributed by atoms with E-state index >= 15 is 0 Å². The second kappa shape index (κ2) is 5.53. The lowest BCUT2D eigenvalue weighted by molar-refractivity contribution is -0.129. The molecule has 4 nitrogen and oxygen atoms in total. The van der Waals surface area contributed by atoms with Crippen LogP contribution < -0.4 is 5.32 Å². The molecule has 1 atom stereocenters. The van der Waals surface area contributed by atoms with Gasteiger partial charge in [0.05, 0.1) is 6.54 Å². The van der Waals surface area contributed by atoms with Gasteiger partial charge < -0.3 is 15.2 Å². The molecular weight excluding hydrogens is 262 g/mol. The molecule has 0 fully saturated rings. The van der Waals surface area contributed by atoms with Gasteiger partial charge in [0.2, 0.25) is 5.91 Å². The highest BCUT2D eigenvalue weighted by molar-refractivity contribution is 5.89. The van der Waals surface area contributed by atoms with Crippen molar-refractivity contribution >= 4 is 16.8 Å². The Labute approximate surface area is 125 Å².